The molecule has 4 aromatic rings. The molecule has 0 unspecified atom stereocenters. The molecule has 2 heterocycles. The van der Waals surface area contributed by atoms with Crippen LogP contribution in [0.1, 0.15) is 45.0 Å². The van der Waals surface area contributed by atoms with Gasteiger partial charge in [-0.15, -0.1) is 0 Å². The Morgan fingerprint density at radius 2 is 1.76 bits per heavy atom. The molecule has 5 rings (SSSR count). The monoisotopic (exact) mass is 465 g/mol. The van der Waals surface area contributed by atoms with Crippen LogP contribution in [0.25, 0.3) is 5.65 Å². The number of nitrogens with zero attached hydrogens (tertiary/aromatic N) is 2. The maximum Gasteiger partial charge on any atom is 0.270 e. The molecular formula is C25H21F2N3O4. The SMILES string of the molecule is Cc1nc2c(OCc3c(F)cccc3F)cccn2c1C(=O)N[C@@H]1c2ccccc2[C@H](O)[C@H]1O. The number of nitrogens with one attached hydrogen (secondary N) is 1. The third-order valence-corrected chi connectivity index (χ3v) is 6.04. The largest absolute Gasteiger partial charge is 0.485 e. The lowest BCUT2D eigenvalue weighted by Crippen LogP contribution is -2.35. The summed E-state index contributed by atoms with van der Waals surface area (Å²) in [6.07, 6.45) is -0.687. The number of aliphatic hydroxyl groups is 2. The molecule has 2 aromatic carbocycles. The van der Waals surface area contributed by atoms with Crippen LogP contribution < -0.4 is 10.1 Å². The van der Waals surface area contributed by atoms with Gasteiger partial charge < -0.3 is 20.3 Å². The zero-order chi connectivity index (χ0) is 24.0. The molecule has 0 spiro atoms. The summed E-state index contributed by atoms with van der Waals surface area (Å²) in [6.45, 7) is 1.30. The van der Waals surface area contributed by atoms with Crippen LogP contribution in [-0.2, 0) is 6.61 Å². The van der Waals surface area contributed by atoms with E-state index in [-0.39, 0.29) is 23.6 Å². The van der Waals surface area contributed by atoms with Gasteiger partial charge in [-0.05, 0) is 42.3 Å². The first-order chi connectivity index (χ1) is 16.4. The molecule has 2 aromatic heterocycles. The van der Waals surface area contributed by atoms with Crippen molar-refractivity contribution in [2.24, 2.45) is 0 Å². The Balaban J connectivity index is 1.44. The van der Waals surface area contributed by atoms with Crippen LogP contribution in [0.5, 0.6) is 5.75 Å². The number of aliphatic hydroxyl groups excluding tert-OH is 2. The predicted octanol–water partition coefficient (Wildman–Crippen LogP) is 3.38. The standard InChI is InChI=1S/C25H21F2N3O4/c1-13-21(25(33)29-20-14-6-2-3-7-15(14)22(31)23(20)32)30-11-5-10-19(24(30)28-13)34-12-16-17(26)8-4-9-18(16)27/h2-11,20,22-23,31-32H,12H2,1H3,(H,29,33)/t20-,22+,23+/m1/s1. The average molecular weight is 465 g/mol. The molecule has 0 bridgehead atoms. The number of halogens is 2. The molecule has 7 nitrogen and oxygen atoms in total. The number of rotatable bonds is 5. The van der Waals surface area contributed by atoms with Crippen molar-refractivity contribution in [3.8, 4) is 5.75 Å². The van der Waals surface area contributed by atoms with Gasteiger partial charge in [0.15, 0.2) is 11.4 Å². The van der Waals surface area contributed by atoms with Crippen molar-refractivity contribution in [3.63, 3.8) is 0 Å². The van der Waals surface area contributed by atoms with E-state index in [2.05, 4.69) is 10.3 Å². The number of carbonyl (C=O) groups excluding carboxylic acids is 1. The van der Waals surface area contributed by atoms with Crippen LogP contribution in [0.15, 0.2) is 60.8 Å². The van der Waals surface area contributed by atoms with Crippen LogP contribution in [0.3, 0.4) is 0 Å². The van der Waals surface area contributed by atoms with Gasteiger partial charge in [0.1, 0.15) is 36.1 Å². The number of aryl methyl sites for hydroxylation is 1. The molecule has 9 heteroatoms. The van der Waals surface area contributed by atoms with Crippen molar-refractivity contribution in [2.45, 2.75) is 31.8 Å². The second-order valence-electron chi connectivity index (χ2n) is 8.12. The summed E-state index contributed by atoms with van der Waals surface area (Å²) >= 11 is 0. The zero-order valence-electron chi connectivity index (χ0n) is 18.1. The van der Waals surface area contributed by atoms with E-state index in [9.17, 15) is 23.8 Å². The van der Waals surface area contributed by atoms with E-state index in [1.54, 1.807) is 49.5 Å². The van der Waals surface area contributed by atoms with Crippen LogP contribution in [-0.4, -0.2) is 31.6 Å². The fraction of sp³-hybridized carbons (Fsp3) is 0.200. The van der Waals surface area contributed by atoms with Gasteiger partial charge in [0, 0.05) is 6.20 Å². The van der Waals surface area contributed by atoms with E-state index in [4.69, 9.17) is 4.74 Å². The van der Waals surface area contributed by atoms with E-state index in [1.807, 2.05) is 0 Å². The summed E-state index contributed by atoms with van der Waals surface area (Å²) in [6, 6.07) is 13.0. The first-order valence-corrected chi connectivity index (χ1v) is 10.7. The number of aromatic nitrogens is 2. The summed E-state index contributed by atoms with van der Waals surface area (Å²) in [7, 11) is 0. The Labute approximate surface area is 193 Å². The Bertz CT molecular complexity index is 1380. The number of hydrogen-bond acceptors (Lipinski definition) is 5. The summed E-state index contributed by atoms with van der Waals surface area (Å²) in [4.78, 5) is 17.7. The maximum atomic E-state index is 14.0. The highest BCUT2D eigenvalue weighted by atomic mass is 19.1. The normalized spacial score (nSPS) is 19.3. The summed E-state index contributed by atoms with van der Waals surface area (Å²) in [5, 5.41) is 23.6. The lowest BCUT2D eigenvalue weighted by Gasteiger charge is -2.19. The summed E-state index contributed by atoms with van der Waals surface area (Å²) < 4.78 is 35.1. The van der Waals surface area contributed by atoms with Gasteiger partial charge in [0.25, 0.3) is 5.91 Å². The second kappa shape index (κ2) is 8.51. The number of fused-ring (bicyclic) bond motifs is 2. The summed E-state index contributed by atoms with van der Waals surface area (Å²) in [5.74, 6) is -1.70. The van der Waals surface area contributed by atoms with Gasteiger partial charge in [-0.1, -0.05) is 30.3 Å². The van der Waals surface area contributed by atoms with Crippen LogP contribution in [0.4, 0.5) is 8.78 Å². The molecule has 1 aliphatic rings. The van der Waals surface area contributed by atoms with Gasteiger partial charge in [-0.25, -0.2) is 13.8 Å². The van der Waals surface area contributed by atoms with Gasteiger partial charge in [-0.2, -0.15) is 0 Å². The lowest BCUT2D eigenvalue weighted by molar-refractivity contribution is 0.0107. The predicted molar refractivity (Wildman–Crippen MR) is 118 cm³/mol. The van der Waals surface area contributed by atoms with Crippen LogP contribution in [0.2, 0.25) is 0 Å². The van der Waals surface area contributed by atoms with E-state index in [0.717, 1.165) is 12.1 Å². The quantitative estimate of drug-likeness (QED) is 0.420. The first-order valence-electron chi connectivity index (χ1n) is 10.7. The Morgan fingerprint density at radius 1 is 1.06 bits per heavy atom. The number of carbonyl (C=O) groups is 1. The van der Waals surface area contributed by atoms with E-state index >= 15 is 0 Å². The van der Waals surface area contributed by atoms with E-state index in [0.29, 0.717) is 22.5 Å². The van der Waals surface area contributed by atoms with E-state index < -0.39 is 35.8 Å². The molecule has 3 atom stereocenters. The number of ether oxygens (including phenoxy) is 1. The fourth-order valence-electron chi connectivity index (χ4n) is 4.35. The zero-order valence-corrected chi connectivity index (χ0v) is 18.1. The molecule has 0 fully saturated rings. The minimum Gasteiger partial charge on any atom is -0.485 e. The number of hydrogen-bond donors (Lipinski definition) is 3. The van der Waals surface area contributed by atoms with E-state index in [1.165, 1.54) is 10.5 Å². The van der Waals surface area contributed by atoms with Crippen molar-refractivity contribution in [1.29, 1.82) is 0 Å². The number of amides is 1. The average Bonchev–Trinajstić information content (AvgIpc) is 3.28. The van der Waals surface area contributed by atoms with Gasteiger partial charge in [-0.3, -0.25) is 9.20 Å². The molecule has 0 saturated heterocycles. The highest BCUT2D eigenvalue weighted by Gasteiger charge is 2.39. The van der Waals surface area contributed by atoms with Gasteiger partial charge >= 0.3 is 0 Å². The van der Waals surface area contributed by atoms with Crippen molar-refractivity contribution >= 4 is 11.6 Å². The third-order valence-electron chi connectivity index (χ3n) is 6.04. The molecular weight excluding hydrogens is 444 g/mol. The van der Waals surface area contributed by atoms with Crippen LogP contribution >= 0.6 is 0 Å². The van der Waals surface area contributed by atoms with Gasteiger partial charge in [0.2, 0.25) is 0 Å². The third kappa shape index (κ3) is 3.59. The smallest absolute Gasteiger partial charge is 0.270 e. The highest BCUT2D eigenvalue weighted by molar-refractivity contribution is 5.95. The Morgan fingerprint density at radius 3 is 2.50 bits per heavy atom. The fourth-order valence-corrected chi connectivity index (χ4v) is 4.35. The van der Waals surface area contributed by atoms with Crippen molar-refractivity contribution < 1.29 is 28.5 Å². The minimum atomic E-state index is -1.20. The maximum absolute atomic E-state index is 14.0. The molecule has 174 valence electrons. The first kappa shape index (κ1) is 22.0. The second-order valence-corrected chi connectivity index (χ2v) is 8.12. The topological polar surface area (TPSA) is 96.1 Å². The molecule has 34 heavy (non-hydrogen) atoms. The van der Waals surface area contributed by atoms with Crippen molar-refractivity contribution in [1.82, 2.24) is 14.7 Å². The Hall–Kier alpha value is -3.82. The molecule has 1 amide bonds. The molecule has 3 N–H and O–H groups in total. The number of pyridine rings is 1. The molecule has 1 aliphatic carbocycles. The van der Waals surface area contributed by atoms with Crippen LogP contribution in [0, 0.1) is 18.6 Å². The molecule has 0 saturated carbocycles. The minimum absolute atomic E-state index is 0.210. The summed E-state index contributed by atoms with van der Waals surface area (Å²) in [5.41, 5.74) is 1.90. The molecule has 0 radical (unpaired) electrons. The molecule has 0 aliphatic heterocycles. The highest BCUT2D eigenvalue weighted by Crippen LogP contribution is 2.39. The van der Waals surface area contributed by atoms with Gasteiger partial charge in [0.05, 0.1) is 17.3 Å². The lowest BCUT2D eigenvalue weighted by atomic mass is 10.1. The van der Waals surface area contributed by atoms with Crippen molar-refractivity contribution in [3.05, 3.63) is 101 Å². The number of benzene rings is 2. The number of imidazole rings is 1. The Kier molecular flexibility index (Phi) is 5.51. The van der Waals surface area contributed by atoms with Crippen molar-refractivity contribution in [2.75, 3.05) is 0 Å².